The first kappa shape index (κ1) is 13.4. The minimum absolute atomic E-state index is 0.581. The van der Waals surface area contributed by atoms with Crippen molar-refractivity contribution >= 4 is 0 Å². The highest BCUT2D eigenvalue weighted by molar-refractivity contribution is 5.67. The molecule has 1 aromatic heterocycles. The van der Waals surface area contributed by atoms with Crippen molar-refractivity contribution in [3.05, 3.63) is 30.3 Å². The number of methoxy groups -OCH3 is 2. The highest BCUT2D eigenvalue weighted by Crippen LogP contribution is 2.29. The summed E-state index contributed by atoms with van der Waals surface area (Å²) < 4.78 is 15.8. The number of hydrogen-bond acceptors (Lipinski definition) is 4. The Bertz CT molecular complexity index is 511. The molecule has 0 bridgehead atoms. The van der Waals surface area contributed by atoms with Crippen LogP contribution >= 0.6 is 0 Å². The monoisotopic (exact) mass is 262 g/mol. The Morgan fingerprint density at radius 2 is 2.00 bits per heavy atom. The van der Waals surface area contributed by atoms with Crippen molar-refractivity contribution in [1.29, 1.82) is 0 Å². The van der Waals surface area contributed by atoms with E-state index in [1.54, 1.807) is 14.2 Å². The second-order valence-corrected chi connectivity index (χ2v) is 4.01. The minimum Gasteiger partial charge on any atom is -0.496 e. The fourth-order valence-electron chi connectivity index (χ4n) is 1.76. The molecule has 19 heavy (non-hydrogen) atoms. The number of H-pyrrole nitrogens is 1. The van der Waals surface area contributed by atoms with Gasteiger partial charge < -0.3 is 14.2 Å². The summed E-state index contributed by atoms with van der Waals surface area (Å²) in [6, 6.07) is 9.64. The van der Waals surface area contributed by atoms with Gasteiger partial charge in [0.05, 0.1) is 19.4 Å². The Balaban J connectivity index is 2.04. The number of aromatic nitrogens is 2. The first-order valence-corrected chi connectivity index (χ1v) is 6.15. The summed E-state index contributed by atoms with van der Waals surface area (Å²) in [6.45, 7) is 1.27. The molecule has 0 aliphatic heterocycles. The van der Waals surface area contributed by atoms with E-state index in [0.717, 1.165) is 23.4 Å². The van der Waals surface area contributed by atoms with Crippen molar-refractivity contribution in [2.75, 3.05) is 27.4 Å². The Hall–Kier alpha value is -2.01. The van der Waals surface area contributed by atoms with Gasteiger partial charge in [-0.15, -0.1) is 5.10 Å². The summed E-state index contributed by atoms with van der Waals surface area (Å²) >= 11 is 0. The molecular formula is C14H18N2O3. The van der Waals surface area contributed by atoms with E-state index >= 15 is 0 Å². The lowest BCUT2D eigenvalue weighted by Gasteiger charge is -2.05. The van der Waals surface area contributed by atoms with Crippen molar-refractivity contribution in [2.24, 2.45) is 0 Å². The van der Waals surface area contributed by atoms with Gasteiger partial charge in [-0.3, -0.25) is 5.10 Å². The Morgan fingerprint density at radius 1 is 1.16 bits per heavy atom. The number of rotatable bonds is 7. The molecule has 2 rings (SSSR count). The third-order valence-electron chi connectivity index (χ3n) is 2.69. The molecule has 0 saturated heterocycles. The first-order chi connectivity index (χ1) is 9.35. The fraction of sp³-hybridized carbons (Fsp3) is 0.357. The van der Waals surface area contributed by atoms with Crippen LogP contribution in [0.25, 0.3) is 11.3 Å². The topological polar surface area (TPSA) is 56.4 Å². The van der Waals surface area contributed by atoms with E-state index < -0.39 is 0 Å². The van der Waals surface area contributed by atoms with E-state index in [9.17, 15) is 0 Å². The lowest BCUT2D eigenvalue weighted by atomic mass is 10.1. The molecule has 1 N–H and O–H groups in total. The molecule has 1 aromatic carbocycles. The highest BCUT2D eigenvalue weighted by Gasteiger charge is 2.08. The lowest BCUT2D eigenvalue weighted by Crippen LogP contribution is -2.01. The standard InChI is InChI=1S/C14H18N2O3/c1-17-8-5-9-19-14-10-12(15-16-14)11-6-3-4-7-13(11)18-2/h3-4,6-7,10H,5,8-9H2,1-2H3,(H,15,16). The Labute approximate surface area is 112 Å². The molecular weight excluding hydrogens is 244 g/mol. The van der Waals surface area contributed by atoms with Gasteiger partial charge in [-0.1, -0.05) is 12.1 Å². The molecule has 0 amide bonds. The smallest absolute Gasteiger partial charge is 0.233 e. The maximum atomic E-state index is 5.52. The molecule has 2 aromatic rings. The normalized spacial score (nSPS) is 10.4. The van der Waals surface area contributed by atoms with E-state index in [-0.39, 0.29) is 0 Å². The zero-order chi connectivity index (χ0) is 13.5. The minimum atomic E-state index is 0.581. The number of para-hydroxylation sites is 1. The number of nitrogens with one attached hydrogen (secondary N) is 1. The number of aromatic amines is 1. The molecule has 0 aliphatic carbocycles. The van der Waals surface area contributed by atoms with Gasteiger partial charge in [0.25, 0.3) is 0 Å². The quantitative estimate of drug-likeness (QED) is 0.779. The largest absolute Gasteiger partial charge is 0.496 e. The number of ether oxygens (including phenoxy) is 3. The van der Waals surface area contributed by atoms with E-state index in [4.69, 9.17) is 14.2 Å². The van der Waals surface area contributed by atoms with Gasteiger partial charge in [0, 0.05) is 31.8 Å². The Morgan fingerprint density at radius 3 is 2.79 bits per heavy atom. The van der Waals surface area contributed by atoms with Crippen LogP contribution in [0.1, 0.15) is 6.42 Å². The Kier molecular flexibility index (Phi) is 4.80. The van der Waals surface area contributed by atoms with Crippen LogP contribution in [0.2, 0.25) is 0 Å². The molecule has 5 heteroatoms. The number of benzene rings is 1. The third kappa shape index (κ3) is 3.48. The molecule has 0 spiro atoms. The average Bonchev–Trinajstić information content (AvgIpc) is 2.92. The second kappa shape index (κ2) is 6.80. The molecule has 0 fully saturated rings. The highest BCUT2D eigenvalue weighted by atomic mass is 16.5. The van der Waals surface area contributed by atoms with Gasteiger partial charge in [0.1, 0.15) is 5.75 Å². The fourth-order valence-corrected chi connectivity index (χ4v) is 1.76. The lowest BCUT2D eigenvalue weighted by molar-refractivity contribution is 0.170. The number of hydrogen-bond donors (Lipinski definition) is 1. The molecule has 0 unspecified atom stereocenters. The van der Waals surface area contributed by atoms with Crippen LogP contribution in [0.3, 0.4) is 0 Å². The van der Waals surface area contributed by atoms with Gasteiger partial charge in [-0.2, -0.15) is 0 Å². The average molecular weight is 262 g/mol. The zero-order valence-electron chi connectivity index (χ0n) is 11.2. The van der Waals surface area contributed by atoms with Crippen LogP contribution in [-0.4, -0.2) is 37.6 Å². The molecule has 0 radical (unpaired) electrons. The second-order valence-electron chi connectivity index (χ2n) is 4.01. The van der Waals surface area contributed by atoms with Crippen molar-refractivity contribution in [3.8, 4) is 22.9 Å². The van der Waals surface area contributed by atoms with Gasteiger partial charge in [0.15, 0.2) is 0 Å². The SMILES string of the molecule is COCCCOc1cc(-c2ccccc2OC)[nH]n1. The van der Waals surface area contributed by atoms with Crippen LogP contribution in [-0.2, 0) is 4.74 Å². The number of nitrogens with zero attached hydrogens (tertiary/aromatic N) is 1. The van der Waals surface area contributed by atoms with Crippen molar-refractivity contribution < 1.29 is 14.2 Å². The maximum Gasteiger partial charge on any atom is 0.233 e. The van der Waals surface area contributed by atoms with Crippen molar-refractivity contribution in [3.63, 3.8) is 0 Å². The van der Waals surface area contributed by atoms with Crippen molar-refractivity contribution in [2.45, 2.75) is 6.42 Å². The summed E-state index contributed by atoms with van der Waals surface area (Å²) in [4.78, 5) is 0. The summed E-state index contributed by atoms with van der Waals surface area (Å²) in [7, 11) is 3.33. The van der Waals surface area contributed by atoms with Crippen LogP contribution < -0.4 is 9.47 Å². The van der Waals surface area contributed by atoms with E-state index in [1.807, 2.05) is 30.3 Å². The zero-order valence-corrected chi connectivity index (χ0v) is 11.2. The molecule has 0 aliphatic rings. The predicted molar refractivity (Wildman–Crippen MR) is 72.6 cm³/mol. The van der Waals surface area contributed by atoms with Gasteiger partial charge in [-0.25, -0.2) is 0 Å². The molecule has 0 atom stereocenters. The van der Waals surface area contributed by atoms with Gasteiger partial charge >= 0.3 is 0 Å². The third-order valence-corrected chi connectivity index (χ3v) is 2.69. The van der Waals surface area contributed by atoms with Crippen LogP contribution in [0, 0.1) is 0 Å². The summed E-state index contributed by atoms with van der Waals surface area (Å²) in [5.41, 5.74) is 1.84. The summed E-state index contributed by atoms with van der Waals surface area (Å²) in [5, 5.41) is 7.07. The maximum absolute atomic E-state index is 5.52. The molecule has 5 nitrogen and oxygen atoms in total. The van der Waals surface area contributed by atoms with Crippen LogP contribution in [0.4, 0.5) is 0 Å². The molecule has 0 saturated carbocycles. The van der Waals surface area contributed by atoms with E-state index in [2.05, 4.69) is 10.2 Å². The summed E-state index contributed by atoms with van der Waals surface area (Å²) in [6.07, 6.45) is 0.841. The van der Waals surface area contributed by atoms with Crippen LogP contribution in [0.15, 0.2) is 30.3 Å². The van der Waals surface area contributed by atoms with E-state index in [0.29, 0.717) is 19.1 Å². The first-order valence-electron chi connectivity index (χ1n) is 6.15. The predicted octanol–water partition coefficient (Wildman–Crippen LogP) is 2.50. The van der Waals surface area contributed by atoms with Gasteiger partial charge in [-0.05, 0) is 12.1 Å². The molecule has 1 heterocycles. The van der Waals surface area contributed by atoms with Gasteiger partial charge in [0.2, 0.25) is 5.88 Å². The van der Waals surface area contributed by atoms with E-state index in [1.165, 1.54) is 0 Å². The van der Waals surface area contributed by atoms with Crippen LogP contribution in [0.5, 0.6) is 11.6 Å². The van der Waals surface area contributed by atoms with Crippen molar-refractivity contribution in [1.82, 2.24) is 10.2 Å². The summed E-state index contributed by atoms with van der Waals surface area (Å²) in [5.74, 6) is 1.38. The molecule has 102 valence electrons.